The van der Waals surface area contributed by atoms with Gasteiger partial charge in [-0.1, -0.05) is 37.3 Å². The number of hydrogen-bond acceptors (Lipinski definition) is 3. The molecular weight excluding hydrogens is 266 g/mol. The van der Waals surface area contributed by atoms with Crippen molar-refractivity contribution in [1.82, 2.24) is 15.1 Å². The van der Waals surface area contributed by atoms with Crippen molar-refractivity contribution < 1.29 is 0 Å². The number of benzene rings is 1. The van der Waals surface area contributed by atoms with E-state index in [0.717, 1.165) is 31.0 Å². The molecule has 108 valence electrons. The highest BCUT2D eigenvalue weighted by Crippen LogP contribution is 2.27. The van der Waals surface area contributed by atoms with Crippen LogP contribution in [0.25, 0.3) is 0 Å². The molecule has 0 aliphatic carbocycles. The molecule has 1 N–H and O–H groups in total. The highest BCUT2D eigenvalue weighted by molar-refractivity contribution is 7.98. The number of nitrogens with one attached hydrogen (secondary N) is 1. The van der Waals surface area contributed by atoms with E-state index in [-0.39, 0.29) is 0 Å². The summed E-state index contributed by atoms with van der Waals surface area (Å²) in [7, 11) is 2.03. The largest absolute Gasteiger partial charge is 0.313 e. The molecule has 0 saturated carbocycles. The minimum Gasteiger partial charge on any atom is -0.313 e. The Morgan fingerprint density at radius 1 is 1.25 bits per heavy atom. The molecule has 1 heterocycles. The van der Waals surface area contributed by atoms with Gasteiger partial charge in [0.25, 0.3) is 0 Å². The van der Waals surface area contributed by atoms with E-state index in [1.807, 2.05) is 23.5 Å². The summed E-state index contributed by atoms with van der Waals surface area (Å²) < 4.78 is 2.01. The van der Waals surface area contributed by atoms with Crippen LogP contribution in [-0.2, 0) is 19.3 Å². The first-order chi connectivity index (χ1) is 9.72. The van der Waals surface area contributed by atoms with E-state index in [2.05, 4.69) is 54.6 Å². The van der Waals surface area contributed by atoms with E-state index in [1.165, 1.54) is 16.2 Å². The first-order valence-corrected chi connectivity index (χ1v) is 8.10. The molecule has 0 spiro atoms. The van der Waals surface area contributed by atoms with Crippen LogP contribution < -0.4 is 5.32 Å². The van der Waals surface area contributed by atoms with Crippen LogP contribution in [0.5, 0.6) is 0 Å². The van der Waals surface area contributed by atoms with Crippen molar-refractivity contribution in [1.29, 1.82) is 0 Å². The van der Waals surface area contributed by atoms with Crippen molar-refractivity contribution in [2.75, 3.05) is 6.54 Å². The Bertz CT molecular complexity index is 534. The Kier molecular flexibility index (Phi) is 5.68. The smallest absolute Gasteiger partial charge is 0.0987 e. The lowest BCUT2D eigenvalue weighted by Gasteiger charge is -2.07. The van der Waals surface area contributed by atoms with Gasteiger partial charge in [-0.05, 0) is 25.5 Å². The first-order valence-electron chi connectivity index (χ1n) is 7.12. The molecule has 0 bridgehead atoms. The standard InChI is InChI=1S/C16H23N3S/c1-4-10-17-11-15-13(2)18-19(3)16(15)20-12-14-8-6-5-7-9-14/h5-9,17H,4,10-12H2,1-3H3. The zero-order valence-corrected chi connectivity index (χ0v) is 13.3. The van der Waals surface area contributed by atoms with E-state index < -0.39 is 0 Å². The van der Waals surface area contributed by atoms with E-state index in [4.69, 9.17) is 0 Å². The van der Waals surface area contributed by atoms with E-state index in [9.17, 15) is 0 Å². The predicted octanol–water partition coefficient (Wildman–Crippen LogP) is 3.52. The Morgan fingerprint density at radius 3 is 2.70 bits per heavy atom. The van der Waals surface area contributed by atoms with Crippen molar-refractivity contribution in [2.24, 2.45) is 7.05 Å². The molecule has 4 heteroatoms. The summed E-state index contributed by atoms with van der Waals surface area (Å²) in [6, 6.07) is 10.6. The summed E-state index contributed by atoms with van der Waals surface area (Å²) in [4.78, 5) is 0. The second-order valence-electron chi connectivity index (χ2n) is 4.94. The number of nitrogens with zero attached hydrogens (tertiary/aromatic N) is 2. The van der Waals surface area contributed by atoms with Crippen molar-refractivity contribution in [3.63, 3.8) is 0 Å². The zero-order valence-electron chi connectivity index (χ0n) is 12.5. The molecular formula is C16H23N3S. The average Bonchev–Trinajstić information content (AvgIpc) is 2.72. The van der Waals surface area contributed by atoms with E-state index in [0.29, 0.717) is 0 Å². The Labute approximate surface area is 125 Å². The molecule has 0 saturated heterocycles. The third kappa shape index (κ3) is 3.87. The monoisotopic (exact) mass is 289 g/mol. The third-order valence-electron chi connectivity index (χ3n) is 3.24. The maximum atomic E-state index is 4.56. The van der Waals surface area contributed by atoms with Gasteiger partial charge in [0.1, 0.15) is 0 Å². The molecule has 0 fully saturated rings. The van der Waals surface area contributed by atoms with Gasteiger partial charge < -0.3 is 5.32 Å². The molecule has 0 aliphatic heterocycles. The van der Waals surface area contributed by atoms with Crippen LogP contribution in [0, 0.1) is 6.92 Å². The summed E-state index contributed by atoms with van der Waals surface area (Å²) in [5.74, 6) is 0.987. The fourth-order valence-electron chi connectivity index (χ4n) is 2.18. The quantitative estimate of drug-likeness (QED) is 0.625. The lowest BCUT2D eigenvalue weighted by atomic mass is 10.2. The highest BCUT2D eigenvalue weighted by Gasteiger charge is 2.13. The molecule has 0 unspecified atom stereocenters. The SMILES string of the molecule is CCCNCc1c(C)nn(C)c1SCc1ccccc1. The molecule has 20 heavy (non-hydrogen) atoms. The van der Waals surface area contributed by atoms with Crippen LogP contribution in [0.3, 0.4) is 0 Å². The minimum absolute atomic E-state index is 0.907. The lowest BCUT2D eigenvalue weighted by molar-refractivity contribution is 0.653. The predicted molar refractivity (Wildman–Crippen MR) is 85.9 cm³/mol. The maximum absolute atomic E-state index is 4.56. The molecule has 3 nitrogen and oxygen atoms in total. The molecule has 0 amide bonds. The van der Waals surface area contributed by atoms with Gasteiger partial charge in [0.05, 0.1) is 10.7 Å². The molecule has 0 atom stereocenters. The van der Waals surface area contributed by atoms with Crippen molar-refractivity contribution in [3.05, 3.63) is 47.2 Å². The molecule has 2 aromatic rings. The van der Waals surface area contributed by atoms with E-state index in [1.54, 1.807) is 0 Å². The van der Waals surface area contributed by atoms with Crippen LogP contribution in [-0.4, -0.2) is 16.3 Å². The average molecular weight is 289 g/mol. The number of thioether (sulfide) groups is 1. The molecule has 1 aromatic carbocycles. The molecule has 0 radical (unpaired) electrons. The van der Waals surface area contributed by atoms with Gasteiger partial charge >= 0.3 is 0 Å². The van der Waals surface area contributed by atoms with Gasteiger partial charge in [-0.2, -0.15) is 5.10 Å². The van der Waals surface area contributed by atoms with Crippen LogP contribution in [0.4, 0.5) is 0 Å². The van der Waals surface area contributed by atoms with Gasteiger partial charge in [-0.25, -0.2) is 0 Å². The van der Waals surface area contributed by atoms with Crippen LogP contribution in [0.15, 0.2) is 35.4 Å². The van der Waals surface area contributed by atoms with Gasteiger partial charge in [0, 0.05) is 24.9 Å². The van der Waals surface area contributed by atoms with Crippen molar-refractivity contribution >= 4 is 11.8 Å². The fourth-order valence-corrected chi connectivity index (χ4v) is 3.30. The molecule has 0 aliphatic rings. The normalized spacial score (nSPS) is 10.9. The molecule has 2 rings (SSSR count). The van der Waals surface area contributed by atoms with Gasteiger partial charge in [0.2, 0.25) is 0 Å². The van der Waals surface area contributed by atoms with Crippen molar-refractivity contribution in [3.8, 4) is 0 Å². The van der Waals surface area contributed by atoms with Gasteiger partial charge in [-0.3, -0.25) is 4.68 Å². The third-order valence-corrected chi connectivity index (χ3v) is 4.50. The fraction of sp³-hybridized carbons (Fsp3) is 0.438. The lowest BCUT2D eigenvalue weighted by Crippen LogP contribution is -2.14. The Hall–Kier alpha value is -1.26. The number of aryl methyl sites for hydroxylation is 2. The molecule has 1 aromatic heterocycles. The van der Waals surface area contributed by atoms with E-state index >= 15 is 0 Å². The second kappa shape index (κ2) is 7.50. The van der Waals surface area contributed by atoms with Gasteiger partial charge in [-0.15, -0.1) is 11.8 Å². The van der Waals surface area contributed by atoms with Gasteiger partial charge in [0.15, 0.2) is 0 Å². The van der Waals surface area contributed by atoms with Crippen LogP contribution in [0.2, 0.25) is 0 Å². The maximum Gasteiger partial charge on any atom is 0.0987 e. The number of hydrogen-bond donors (Lipinski definition) is 1. The Balaban J connectivity index is 2.06. The summed E-state index contributed by atoms with van der Waals surface area (Å²) in [6.07, 6.45) is 1.16. The summed E-state index contributed by atoms with van der Waals surface area (Å²) in [5, 5.41) is 9.31. The summed E-state index contributed by atoms with van der Waals surface area (Å²) in [5.41, 5.74) is 3.82. The minimum atomic E-state index is 0.907. The highest BCUT2D eigenvalue weighted by atomic mass is 32.2. The zero-order chi connectivity index (χ0) is 14.4. The summed E-state index contributed by atoms with van der Waals surface area (Å²) >= 11 is 1.87. The Morgan fingerprint density at radius 2 is 2.00 bits per heavy atom. The number of aromatic nitrogens is 2. The number of rotatable bonds is 7. The van der Waals surface area contributed by atoms with Crippen LogP contribution >= 0.6 is 11.8 Å². The summed E-state index contributed by atoms with van der Waals surface area (Å²) in [6.45, 7) is 6.24. The first kappa shape index (κ1) is 15.1. The second-order valence-corrected chi connectivity index (χ2v) is 5.91. The van der Waals surface area contributed by atoms with Crippen LogP contribution in [0.1, 0.15) is 30.2 Å². The van der Waals surface area contributed by atoms with Crippen molar-refractivity contribution in [2.45, 2.75) is 37.6 Å². The topological polar surface area (TPSA) is 29.9 Å².